The van der Waals surface area contributed by atoms with Crippen molar-refractivity contribution in [3.05, 3.63) is 10.0 Å². The van der Waals surface area contributed by atoms with Gasteiger partial charge in [0.15, 0.2) is 0 Å². The van der Waals surface area contributed by atoms with Crippen LogP contribution in [-0.2, 0) is 0 Å². The van der Waals surface area contributed by atoms with Crippen molar-refractivity contribution in [2.24, 2.45) is 5.92 Å². The fourth-order valence-corrected chi connectivity index (χ4v) is 2.52. The van der Waals surface area contributed by atoms with Gasteiger partial charge in [-0.25, -0.2) is 0 Å². The van der Waals surface area contributed by atoms with E-state index in [1.54, 1.807) is 11.3 Å². The normalized spacial score (nSPS) is 15.9. The van der Waals surface area contributed by atoms with E-state index in [4.69, 9.17) is 0 Å². The van der Waals surface area contributed by atoms with Crippen LogP contribution < -0.4 is 0 Å². The van der Waals surface area contributed by atoms with E-state index in [0.717, 1.165) is 16.4 Å². The van der Waals surface area contributed by atoms with Crippen molar-refractivity contribution in [1.82, 2.24) is 10.2 Å². The Morgan fingerprint density at radius 3 is 2.29 bits per heavy atom. The molecule has 14 heavy (non-hydrogen) atoms. The summed E-state index contributed by atoms with van der Waals surface area (Å²) in [5.74, 6) is 1.14. The Morgan fingerprint density at radius 1 is 1.21 bits per heavy atom. The lowest BCUT2D eigenvalue weighted by atomic mass is 9.99. The molecule has 0 fully saturated rings. The molecule has 4 heteroatoms. The van der Waals surface area contributed by atoms with Crippen LogP contribution in [0.25, 0.3) is 0 Å². The lowest BCUT2D eigenvalue weighted by molar-refractivity contribution is 0.529. The molecule has 1 aromatic rings. The summed E-state index contributed by atoms with van der Waals surface area (Å²) in [6, 6.07) is 0. The Morgan fingerprint density at radius 2 is 1.79 bits per heavy atom. The molecular formula is C10H17BrN2S. The molecule has 2 unspecified atom stereocenters. The van der Waals surface area contributed by atoms with Crippen LogP contribution in [0.5, 0.6) is 0 Å². The van der Waals surface area contributed by atoms with Crippen LogP contribution in [-0.4, -0.2) is 10.2 Å². The first-order valence-electron chi connectivity index (χ1n) is 5.03. The number of nitrogens with zero attached hydrogens (tertiary/aromatic N) is 2. The quantitative estimate of drug-likeness (QED) is 0.773. The number of hydrogen-bond donors (Lipinski definition) is 0. The second-order valence-corrected chi connectivity index (χ2v) is 6.03. The van der Waals surface area contributed by atoms with Gasteiger partial charge < -0.3 is 0 Å². The molecule has 1 heterocycles. The van der Waals surface area contributed by atoms with E-state index in [9.17, 15) is 0 Å². The van der Waals surface area contributed by atoms with Gasteiger partial charge in [-0.2, -0.15) is 0 Å². The highest BCUT2D eigenvalue weighted by Gasteiger charge is 2.17. The van der Waals surface area contributed by atoms with Crippen molar-refractivity contribution in [1.29, 1.82) is 0 Å². The average Bonchev–Trinajstić information content (AvgIpc) is 2.64. The molecular weight excluding hydrogens is 260 g/mol. The molecule has 0 saturated carbocycles. The molecule has 0 amide bonds. The van der Waals surface area contributed by atoms with Gasteiger partial charge in [-0.15, -0.1) is 21.5 Å². The van der Waals surface area contributed by atoms with Gasteiger partial charge >= 0.3 is 0 Å². The molecule has 0 aromatic carbocycles. The molecule has 0 radical (unpaired) electrons. The predicted molar refractivity (Wildman–Crippen MR) is 65.1 cm³/mol. The molecule has 2 nitrogen and oxygen atoms in total. The van der Waals surface area contributed by atoms with E-state index in [1.165, 1.54) is 0 Å². The topological polar surface area (TPSA) is 25.8 Å². The molecule has 80 valence electrons. The van der Waals surface area contributed by atoms with Crippen LogP contribution in [0.4, 0.5) is 0 Å². The van der Waals surface area contributed by atoms with Gasteiger partial charge in [0.1, 0.15) is 10.0 Å². The maximum Gasteiger partial charge on any atom is 0.131 e. The predicted octanol–water partition coefficient (Wildman–Crippen LogP) is 4.14. The minimum absolute atomic E-state index is 0.369. The molecule has 0 aliphatic heterocycles. The number of hydrogen-bond acceptors (Lipinski definition) is 3. The molecule has 2 atom stereocenters. The zero-order valence-electron chi connectivity index (χ0n) is 9.12. The van der Waals surface area contributed by atoms with Gasteiger partial charge in [0, 0.05) is 5.92 Å². The van der Waals surface area contributed by atoms with Crippen LogP contribution in [0, 0.1) is 5.92 Å². The molecule has 0 spiro atoms. The van der Waals surface area contributed by atoms with Crippen LogP contribution in [0.3, 0.4) is 0 Å². The number of aromatic nitrogens is 2. The van der Waals surface area contributed by atoms with Crippen LogP contribution >= 0.6 is 27.3 Å². The fourth-order valence-electron chi connectivity index (χ4n) is 1.02. The third kappa shape index (κ3) is 2.76. The monoisotopic (exact) mass is 276 g/mol. The summed E-state index contributed by atoms with van der Waals surface area (Å²) in [5, 5.41) is 10.7. The lowest BCUT2D eigenvalue weighted by Gasteiger charge is -2.10. The summed E-state index contributed by atoms with van der Waals surface area (Å²) >= 11 is 5.33. The first kappa shape index (κ1) is 12.1. The van der Waals surface area contributed by atoms with Gasteiger partial charge in [0.25, 0.3) is 0 Å². The Kier molecular flexibility index (Phi) is 4.51. The molecule has 0 N–H and O–H groups in total. The molecule has 0 aliphatic rings. The standard InChI is InChI=1S/C10H17BrN2S/c1-5-8(11)10-13-12-9(14-10)7(4)6(2)3/h6-8H,5H2,1-4H3. The maximum atomic E-state index is 4.24. The minimum atomic E-state index is 0.369. The van der Waals surface area contributed by atoms with Crippen molar-refractivity contribution in [3.63, 3.8) is 0 Å². The SMILES string of the molecule is CCC(Br)c1nnc(C(C)C(C)C)s1. The van der Waals surface area contributed by atoms with E-state index in [2.05, 4.69) is 53.8 Å². The highest BCUT2D eigenvalue weighted by molar-refractivity contribution is 9.09. The van der Waals surface area contributed by atoms with Gasteiger partial charge in [0.05, 0.1) is 4.83 Å². The van der Waals surface area contributed by atoms with Crippen LogP contribution in [0.15, 0.2) is 0 Å². The molecule has 0 aliphatic carbocycles. The Hall–Kier alpha value is 0.0400. The van der Waals surface area contributed by atoms with Gasteiger partial charge in [-0.05, 0) is 12.3 Å². The van der Waals surface area contributed by atoms with E-state index in [0.29, 0.717) is 16.7 Å². The third-order valence-corrected chi connectivity index (χ3v) is 5.09. The largest absolute Gasteiger partial charge is 0.143 e. The molecule has 0 saturated heterocycles. The van der Waals surface area contributed by atoms with E-state index >= 15 is 0 Å². The summed E-state index contributed by atoms with van der Waals surface area (Å²) in [7, 11) is 0. The summed E-state index contributed by atoms with van der Waals surface area (Å²) in [6.45, 7) is 8.80. The van der Waals surface area contributed by atoms with E-state index < -0.39 is 0 Å². The zero-order valence-corrected chi connectivity index (χ0v) is 11.5. The Labute approximate surface area is 98.3 Å². The van der Waals surface area contributed by atoms with Crippen LogP contribution in [0.1, 0.15) is 54.9 Å². The molecule has 1 rings (SSSR count). The summed E-state index contributed by atoms with van der Waals surface area (Å²) < 4.78 is 0. The van der Waals surface area contributed by atoms with Crippen LogP contribution in [0.2, 0.25) is 0 Å². The van der Waals surface area contributed by atoms with Crippen molar-refractivity contribution in [2.45, 2.75) is 44.9 Å². The van der Waals surface area contributed by atoms with Crippen molar-refractivity contribution in [2.75, 3.05) is 0 Å². The van der Waals surface area contributed by atoms with Gasteiger partial charge in [-0.1, -0.05) is 43.6 Å². The van der Waals surface area contributed by atoms with E-state index in [-0.39, 0.29) is 0 Å². The number of rotatable bonds is 4. The van der Waals surface area contributed by atoms with Gasteiger partial charge in [0.2, 0.25) is 0 Å². The van der Waals surface area contributed by atoms with Crippen molar-refractivity contribution >= 4 is 27.3 Å². The Balaban J connectivity index is 2.77. The summed E-state index contributed by atoms with van der Waals surface area (Å²) in [6.07, 6.45) is 1.06. The summed E-state index contributed by atoms with van der Waals surface area (Å²) in [5.41, 5.74) is 0. The minimum Gasteiger partial charge on any atom is -0.143 e. The lowest BCUT2D eigenvalue weighted by Crippen LogP contribution is -2.00. The third-order valence-electron chi connectivity index (χ3n) is 2.47. The maximum absolute atomic E-state index is 4.24. The van der Waals surface area contributed by atoms with Gasteiger partial charge in [-0.3, -0.25) is 0 Å². The Bertz CT molecular complexity index is 285. The smallest absolute Gasteiger partial charge is 0.131 e. The molecule has 1 aromatic heterocycles. The van der Waals surface area contributed by atoms with E-state index in [1.807, 2.05) is 0 Å². The van der Waals surface area contributed by atoms with Crippen molar-refractivity contribution in [3.8, 4) is 0 Å². The number of alkyl halides is 1. The first-order chi connectivity index (χ1) is 6.56. The second-order valence-electron chi connectivity index (χ2n) is 3.89. The highest BCUT2D eigenvalue weighted by atomic mass is 79.9. The van der Waals surface area contributed by atoms with Crippen molar-refractivity contribution < 1.29 is 0 Å². The zero-order chi connectivity index (χ0) is 10.7. The molecule has 0 bridgehead atoms. The summed E-state index contributed by atoms with van der Waals surface area (Å²) in [4.78, 5) is 0.369. The average molecular weight is 277 g/mol. The highest BCUT2D eigenvalue weighted by Crippen LogP contribution is 2.33. The fraction of sp³-hybridized carbons (Fsp3) is 0.800. The first-order valence-corrected chi connectivity index (χ1v) is 6.76. The second kappa shape index (κ2) is 5.21. The number of halogens is 1.